The van der Waals surface area contributed by atoms with Gasteiger partial charge in [-0.2, -0.15) is 0 Å². The summed E-state index contributed by atoms with van der Waals surface area (Å²) < 4.78 is 24.3. The smallest absolute Gasteiger partial charge is 0.262 e. The number of rotatable bonds is 18. The molecule has 0 heterocycles. The highest BCUT2D eigenvalue weighted by Crippen LogP contribution is 2.38. The maximum Gasteiger partial charge on any atom is 0.262 e. The lowest BCUT2D eigenvalue weighted by molar-refractivity contribution is -0.118. The van der Waals surface area contributed by atoms with E-state index in [9.17, 15) is 29.4 Å². The van der Waals surface area contributed by atoms with Gasteiger partial charge in [0.25, 0.3) is 11.8 Å². The lowest BCUT2D eigenvalue weighted by Crippen LogP contribution is -2.21. The van der Waals surface area contributed by atoms with E-state index in [1.54, 1.807) is 48.5 Å². The first kappa shape index (κ1) is 56.7. The number of phenolic OH excluding ortho intramolecular Hbond substituents is 2. The van der Waals surface area contributed by atoms with Crippen LogP contribution in [0.2, 0.25) is 0 Å². The molecule has 8 bridgehead atoms. The molecule has 0 saturated heterocycles. The number of ketones is 2. The Morgan fingerprint density at radius 3 is 1.05 bits per heavy atom. The number of carbonyl (C=O) groups excluding carboxylic acids is 4. The standard InChI is InChI=1S/C72H60N4O10/c73-65(63-25-9-13-45-11-1-3-23-61(45)63)39-57(77)41-83-59-31-27-55(28-32-59)75-67(79)43-85-71-51-19-7-20-52(71)36-48-16-6-18-50(70(48)82)38-54-22-8-21-53(37-49-17-5-15-47(35-51)69(49)81)72(54)86-44-68(80)76-56-29-33-60(34-30-56)84-42-58(78)40-66(74)64-26-10-14-46-12-2-4-24-62(46)64/h1-34,39-40,81-82H,35-38,41-44,73-74H2,(H,75,79)(H,76,80)/b65-39-,66-40-. The second-order valence-corrected chi connectivity index (χ2v) is 20.9. The molecular formula is C72H60N4O10. The van der Waals surface area contributed by atoms with Crippen molar-refractivity contribution in [2.24, 2.45) is 11.5 Å². The molecule has 428 valence electrons. The Morgan fingerprint density at radius 2 is 0.686 bits per heavy atom. The Hall–Kier alpha value is -11.1. The van der Waals surface area contributed by atoms with Gasteiger partial charge in [-0.25, -0.2) is 0 Å². The molecule has 10 aromatic rings. The maximum absolute atomic E-state index is 13.6. The van der Waals surface area contributed by atoms with E-state index in [4.69, 9.17) is 30.4 Å². The van der Waals surface area contributed by atoms with Gasteiger partial charge < -0.3 is 51.3 Å². The van der Waals surface area contributed by atoms with Gasteiger partial charge in [0, 0.05) is 71.7 Å². The molecule has 0 aromatic heterocycles. The first-order chi connectivity index (χ1) is 41.9. The van der Waals surface area contributed by atoms with Crippen molar-refractivity contribution in [1.82, 2.24) is 0 Å². The number of benzene rings is 10. The van der Waals surface area contributed by atoms with Gasteiger partial charge in [0.05, 0.1) is 0 Å². The van der Waals surface area contributed by atoms with Crippen LogP contribution in [0.1, 0.15) is 55.6 Å². The number of nitrogens with one attached hydrogen (secondary N) is 2. The zero-order chi connectivity index (χ0) is 59.5. The molecule has 0 atom stereocenters. The summed E-state index contributed by atoms with van der Waals surface area (Å²) in [4.78, 5) is 52.9. The number of nitrogens with two attached hydrogens (primary N) is 2. The summed E-state index contributed by atoms with van der Waals surface area (Å²) >= 11 is 0. The molecule has 86 heavy (non-hydrogen) atoms. The van der Waals surface area contributed by atoms with E-state index in [0.717, 1.165) is 32.7 Å². The van der Waals surface area contributed by atoms with Crippen LogP contribution in [0.25, 0.3) is 32.9 Å². The molecule has 0 aliphatic heterocycles. The van der Waals surface area contributed by atoms with Crippen LogP contribution in [0.5, 0.6) is 34.5 Å². The highest BCUT2D eigenvalue weighted by molar-refractivity contribution is 6.03. The predicted molar refractivity (Wildman–Crippen MR) is 335 cm³/mol. The third kappa shape index (κ3) is 13.5. The first-order valence-corrected chi connectivity index (χ1v) is 28.0. The van der Waals surface area contributed by atoms with Crippen molar-refractivity contribution in [2.45, 2.75) is 25.7 Å². The summed E-state index contributed by atoms with van der Waals surface area (Å²) in [7, 11) is 0. The number of para-hydroxylation sites is 4. The summed E-state index contributed by atoms with van der Waals surface area (Å²) in [6, 6.07) is 62.8. The van der Waals surface area contributed by atoms with Crippen LogP contribution in [0, 0.1) is 0 Å². The fourth-order valence-corrected chi connectivity index (χ4v) is 10.7. The topological polar surface area (TPSA) is 222 Å². The number of hydrogen-bond acceptors (Lipinski definition) is 12. The molecule has 2 amide bonds. The highest BCUT2D eigenvalue weighted by atomic mass is 16.5. The molecule has 14 heteroatoms. The number of phenols is 2. The van der Waals surface area contributed by atoms with Crippen molar-refractivity contribution in [3.8, 4) is 34.5 Å². The van der Waals surface area contributed by atoms with Crippen LogP contribution in [0.3, 0.4) is 0 Å². The van der Waals surface area contributed by atoms with Crippen molar-refractivity contribution in [3.05, 3.63) is 274 Å². The molecule has 0 saturated carbocycles. The van der Waals surface area contributed by atoms with Crippen LogP contribution in [-0.2, 0) is 44.9 Å². The minimum absolute atomic E-state index is 0.0715. The minimum atomic E-state index is -0.434. The Bertz CT molecular complexity index is 3900. The van der Waals surface area contributed by atoms with E-state index in [-0.39, 0.29) is 75.2 Å². The predicted octanol–water partition coefficient (Wildman–Crippen LogP) is 12.0. The molecule has 8 N–H and O–H groups in total. The van der Waals surface area contributed by atoms with Gasteiger partial charge in [0.2, 0.25) is 0 Å². The number of ether oxygens (including phenoxy) is 4. The molecule has 0 spiro atoms. The minimum Gasteiger partial charge on any atom is -0.507 e. The number of hydrogen-bond donors (Lipinski definition) is 6. The van der Waals surface area contributed by atoms with Crippen LogP contribution in [-0.4, -0.2) is 60.0 Å². The lowest BCUT2D eigenvalue weighted by atomic mass is 9.91. The van der Waals surface area contributed by atoms with Crippen molar-refractivity contribution < 1.29 is 48.3 Å². The number of anilines is 2. The second kappa shape index (κ2) is 26.0. The molecule has 14 nitrogen and oxygen atoms in total. The average Bonchev–Trinajstić information content (AvgIpc) is 2.18. The number of amides is 2. The summed E-state index contributed by atoms with van der Waals surface area (Å²) in [6.07, 6.45) is 3.69. The van der Waals surface area contributed by atoms with Crippen LogP contribution < -0.4 is 41.0 Å². The normalized spacial score (nSPS) is 12.2. The Labute approximate surface area is 496 Å². The van der Waals surface area contributed by atoms with Gasteiger partial charge >= 0.3 is 0 Å². The number of aromatic hydroxyl groups is 2. The molecular weight excluding hydrogens is 1080 g/mol. The third-order valence-electron chi connectivity index (χ3n) is 14.9. The summed E-state index contributed by atoms with van der Waals surface area (Å²) in [5.74, 6) is 0.380. The SMILES string of the molecule is N/C(=C\C(=O)COc1ccc(NC(=O)COc2c3cccc2Cc2cccc(c2O)Cc2cccc(c2OCC(=O)Nc2ccc(OCC(=O)/C=C(\N)c4cccc5ccccc45)cc2)Cc2cccc(c2O)C3)cc1)c1cccc2ccccc12. The summed E-state index contributed by atoms with van der Waals surface area (Å²) in [5.41, 5.74) is 21.1. The molecule has 0 radical (unpaired) electrons. The summed E-state index contributed by atoms with van der Waals surface area (Å²) in [5, 5.41) is 33.6. The lowest BCUT2D eigenvalue weighted by Gasteiger charge is -2.20. The second-order valence-electron chi connectivity index (χ2n) is 20.9. The van der Waals surface area contributed by atoms with Crippen molar-refractivity contribution >= 4 is 67.7 Å². The first-order valence-electron chi connectivity index (χ1n) is 28.0. The van der Waals surface area contributed by atoms with E-state index in [1.165, 1.54) is 12.2 Å². The molecule has 10 aromatic carbocycles. The number of fused-ring (bicyclic) bond motifs is 10. The zero-order valence-electron chi connectivity index (χ0n) is 46.8. The number of carbonyl (C=O) groups is 4. The van der Waals surface area contributed by atoms with E-state index in [2.05, 4.69) is 10.6 Å². The van der Waals surface area contributed by atoms with Crippen LogP contribution >= 0.6 is 0 Å². The summed E-state index contributed by atoms with van der Waals surface area (Å²) in [6.45, 7) is -1.20. The largest absolute Gasteiger partial charge is 0.507 e. The average molecular weight is 1140 g/mol. The Morgan fingerprint density at radius 1 is 0.372 bits per heavy atom. The Kier molecular flexibility index (Phi) is 17.1. The van der Waals surface area contributed by atoms with E-state index in [0.29, 0.717) is 90.3 Å². The van der Waals surface area contributed by atoms with Gasteiger partial charge in [0.15, 0.2) is 38.0 Å². The fraction of sp³-hybridized carbons (Fsp3) is 0.111. The van der Waals surface area contributed by atoms with Crippen molar-refractivity contribution in [1.29, 1.82) is 0 Å². The van der Waals surface area contributed by atoms with E-state index in [1.807, 2.05) is 158 Å². The zero-order valence-corrected chi connectivity index (χ0v) is 46.8. The van der Waals surface area contributed by atoms with Gasteiger partial charge in [-0.15, -0.1) is 0 Å². The highest BCUT2D eigenvalue weighted by Gasteiger charge is 2.22. The third-order valence-corrected chi connectivity index (χ3v) is 14.9. The van der Waals surface area contributed by atoms with Gasteiger partial charge in [-0.05, 0) is 115 Å². The van der Waals surface area contributed by atoms with Crippen LogP contribution in [0.15, 0.2) is 218 Å². The van der Waals surface area contributed by atoms with E-state index < -0.39 is 11.8 Å². The van der Waals surface area contributed by atoms with Crippen molar-refractivity contribution in [2.75, 3.05) is 37.1 Å². The fourth-order valence-electron chi connectivity index (χ4n) is 10.7. The monoisotopic (exact) mass is 1140 g/mol. The van der Waals surface area contributed by atoms with Gasteiger partial charge in [-0.1, -0.05) is 158 Å². The van der Waals surface area contributed by atoms with Gasteiger partial charge in [0.1, 0.15) is 34.5 Å². The molecule has 1 aliphatic carbocycles. The van der Waals surface area contributed by atoms with E-state index >= 15 is 0 Å². The van der Waals surface area contributed by atoms with Gasteiger partial charge in [-0.3, -0.25) is 19.2 Å². The molecule has 11 rings (SSSR count). The molecule has 0 fully saturated rings. The molecule has 1 aliphatic rings. The van der Waals surface area contributed by atoms with Crippen LogP contribution in [0.4, 0.5) is 11.4 Å². The quantitative estimate of drug-likeness (QED) is 0.0442. The Balaban J connectivity index is 0.740. The van der Waals surface area contributed by atoms with Crippen molar-refractivity contribution in [3.63, 3.8) is 0 Å². The molecule has 0 unspecified atom stereocenters. The maximum atomic E-state index is 13.6.